The van der Waals surface area contributed by atoms with E-state index in [2.05, 4.69) is 28.9 Å². The van der Waals surface area contributed by atoms with Crippen LogP contribution in [0, 0.1) is 11.3 Å². The van der Waals surface area contributed by atoms with Crippen molar-refractivity contribution in [2.24, 2.45) is 0 Å². The fourth-order valence-electron chi connectivity index (χ4n) is 2.71. The number of rotatable bonds is 6. The molecule has 2 rings (SSSR count). The number of nitrogens with zero attached hydrogens (tertiary/aromatic N) is 2. The molecule has 0 aliphatic carbocycles. The summed E-state index contributed by atoms with van der Waals surface area (Å²) >= 11 is 3.47. The molecule has 0 saturated carbocycles. The van der Waals surface area contributed by atoms with Crippen LogP contribution in [0.4, 0.5) is 5.69 Å². The van der Waals surface area contributed by atoms with Gasteiger partial charge in [0.15, 0.2) is 0 Å². The Kier molecular flexibility index (Phi) is 6.39. The van der Waals surface area contributed by atoms with E-state index in [9.17, 15) is 10.1 Å². The van der Waals surface area contributed by atoms with E-state index in [0.29, 0.717) is 17.8 Å². The van der Waals surface area contributed by atoms with Gasteiger partial charge in [-0.05, 0) is 31.9 Å². The minimum absolute atomic E-state index is 0.0392. The summed E-state index contributed by atoms with van der Waals surface area (Å²) in [5.41, 5.74) is 3.04. The molecule has 0 N–H and O–H groups in total. The number of anilines is 1. The Morgan fingerprint density at radius 1 is 1.16 bits per heavy atom. The number of hydrogen-bond acceptors (Lipinski definition) is 2. The Labute approximate surface area is 158 Å². The summed E-state index contributed by atoms with van der Waals surface area (Å²) in [5, 5.41) is 9.82. The Hall–Kier alpha value is -2.12. The fourth-order valence-corrected chi connectivity index (χ4v) is 2.92. The van der Waals surface area contributed by atoms with Crippen molar-refractivity contribution in [3.8, 4) is 17.2 Å². The number of nitriles is 1. The predicted octanol–water partition coefficient (Wildman–Crippen LogP) is 5.53. The van der Waals surface area contributed by atoms with E-state index in [4.69, 9.17) is 0 Å². The van der Waals surface area contributed by atoms with E-state index in [1.54, 1.807) is 4.90 Å². The molecule has 4 heteroatoms. The van der Waals surface area contributed by atoms with Gasteiger partial charge in [-0.1, -0.05) is 71.7 Å². The van der Waals surface area contributed by atoms with Gasteiger partial charge >= 0.3 is 0 Å². The van der Waals surface area contributed by atoms with Crippen molar-refractivity contribution in [1.82, 2.24) is 0 Å². The van der Waals surface area contributed by atoms with Crippen molar-refractivity contribution >= 4 is 27.5 Å². The highest BCUT2D eigenvalue weighted by molar-refractivity contribution is 9.10. The molecule has 0 aliphatic heterocycles. The smallest absolute Gasteiger partial charge is 0.243 e. The number of hydrogen-bond donors (Lipinski definition) is 0. The lowest BCUT2D eigenvalue weighted by Crippen LogP contribution is -2.42. The maximum atomic E-state index is 13.0. The van der Waals surface area contributed by atoms with E-state index in [0.717, 1.165) is 24.0 Å². The molecular formula is C21H23BrN2O. The molecule has 0 heterocycles. The zero-order chi connectivity index (χ0) is 18.4. The Morgan fingerprint density at radius 2 is 1.84 bits per heavy atom. The summed E-state index contributed by atoms with van der Waals surface area (Å²) in [5.74, 6) is -0.0392. The average molecular weight is 399 g/mol. The van der Waals surface area contributed by atoms with Gasteiger partial charge in [-0.2, -0.15) is 5.26 Å². The monoisotopic (exact) mass is 398 g/mol. The molecule has 3 nitrogen and oxygen atoms in total. The molecule has 0 spiro atoms. The van der Waals surface area contributed by atoms with Gasteiger partial charge in [-0.15, -0.1) is 0 Å². The van der Waals surface area contributed by atoms with Gasteiger partial charge in [0, 0.05) is 12.1 Å². The minimum Gasteiger partial charge on any atom is -0.310 e. The lowest BCUT2D eigenvalue weighted by atomic mass is 9.97. The molecule has 0 saturated heterocycles. The van der Waals surface area contributed by atoms with Gasteiger partial charge in [0.2, 0.25) is 5.91 Å². The summed E-state index contributed by atoms with van der Waals surface area (Å²) in [6, 6.07) is 17.8. The highest BCUT2D eigenvalue weighted by atomic mass is 79.9. The first-order valence-corrected chi connectivity index (χ1v) is 9.28. The van der Waals surface area contributed by atoms with Gasteiger partial charge in [0.1, 0.15) is 6.07 Å². The molecule has 0 radical (unpaired) electrons. The van der Waals surface area contributed by atoms with Crippen LogP contribution in [0.3, 0.4) is 0 Å². The van der Waals surface area contributed by atoms with Crippen molar-refractivity contribution in [2.45, 2.75) is 37.9 Å². The largest absolute Gasteiger partial charge is 0.310 e. The molecule has 2 aromatic rings. The Balaban J connectivity index is 2.58. The van der Waals surface area contributed by atoms with Gasteiger partial charge < -0.3 is 4.90 Å². The van der Waals surface area contributed by atoms with Crippen LogP contribution < -0.4 is 4.90 Å². The SMILES string of the molecule is CCCCN(C(=O)C(C)(C)Br)c1cccc(-c2ccccc2)c1C#N. The van der Waals surface area contributed by atoms with E-state index in [1.807, 2.05) is 62.4 Å². The average Bonchev–Trinajstić information content (AvgIpc) is 2.61. The topological polar surface area (TPSA) is 44.1 Å². The summed E-state index contributed by atoms with van der Waals surface area (Å²) in [4.78, 5) is 14.7. The van der Waals surface area contributed by atoms with Crippen LogP contribution in [-0.2, 0) is 4.79 Å². The van der Waals surface area contributed by atoms with Crippen LogP contribution in [0.5, 0.6) is 0 Å². The number of alkyl halides is 1. The molecule has 130 valence electrons. The highest BCUT2D eigenvalue weighted by Gasteiger charge is 2.31. The third kappa shape index (κ3) is 4.49. The third-order valence-electron chi connectivity index (χ3n) is 4.02. The molecule has 0 aromatic heterocycles. The Bertz CT molecular complexity index is 773. The first-order valence-electron chi connectivity index (χ1n) is 8.49. The summed E-state index contributed by atoms with van der Waals surface area (Å²) in [6.45, 7) is 6.35. The third-order valence-corrected chi connectivity index (χ3v) is 4.36. The van der Waals surface area contributed by atoms with Crippen molar-refractivity contribution in [3.05, 3.63) is 54.1 Å². The van der Waals surface area contributed by atoms with Crippen LogP contribution in [0.25, 0.3) is 11.1 Å². The molecule has 0 aliphatic rings. The molecule has 0 unspecified atom stereocenters. The van der Waals surface area contributed by atoms with Crippen LogP contribution in [0.2, 0.25) is 0 Å². The Morgan fingerprint density at radius 3 is 2.40 bits per heavy atom. The molecular weight excluding hydrogens is 376 g/mol. The van der Waals surface area contributed by atoms with Gasteiger partial charge in [0.25, 0.3) is 0 Å². The lowest BCUT2D eigenvalue weighted by molar-refractivity contribution is -0.120. The van der Waals surface area contributed by atoms with Crippen molar-refractivity contribution in [2.75, 3.05) is 11.4 Å². The summed E-state index contributed by atoms with van der Waals surface area (Å²) in [6.07, 6.45) is 1.86. The van der Waals surface area contributed by atoms with E-state index in [1.165, 1.54) is 0 Å². The van der Waals surface area contributed by atoms with Crippen molar-refractivity contribution in [1.29, 1.82) is 5.26 Å². The maximum Gasteiger partial charge on any atom is 0.243 e. The van der Waals surface area contributed by atoms with Crippen LogP contribution in [-0.4, -0.2) is 16.8 Å². The van der Waals surface area contributed by atoms with Crippen LogP contribution in [0.15, 0.2) is 48.5 Å². The zero-order valence-corrected chi connectivity index (χ0v) is 16.5. The molecule has 2 aromatic carbocycles. The molecule has 25 heavy (non-hydrogen) atoms. The molecule has 0 atom stereocenters. The molecule has 1 amide bonds. The van der Waals surface area contributed by atoms with Crippen LogP contribution in [0.1, 0.15) is 39.2 Å². The number of carbonyl (C=O) groups is 1. The van der Waals surface area contributed by atoms with Crippen molar-refractivity contribution in [3.63, 3.8) is 0 Å². The lowest BCUT2D eigenvalue weighted by Gasteiger charge is -2.29. The summed E-state index contributed by atoms with van der Waals surface area (Å²) in [7, 11) is 0. The maximum absolute atomic E-state index is 13.0. The second-order valence-corrected chi connectivity index (χ2v) is 8.44. The van der Waals surface area contributed by atoms with Crippen molar-refractivity contribution < 1.29 is 4.79 Å². The molecule has 0 bridgehead atoms. The quantitative estimate of drug-likeness (QED) is 0.600. The fraction of sp³-hybridized carbons (Fsp3) is 0.333. The van der Waals surface area contributed by atoms with Gasteiger partial charge in [-0.3, -0.25) is 4.79 Å². The summed E-state index contributed by atoms with van der Waals surface area (Å²) < 4.78 is -0.684. The highest BCUT2D eigenvalue weighted by Crippen LogP contribution is 2.33. The first kappa shape index (κ1) is 19.2. The second-order valence-electron chi connectivity index (χ2n) is 6.46. The molecule has 0 fully saturated rings. The minimum atomic E-state index is -0.684. The van der Waals surface area contributed by atoms with Gasteiger partial charge in [0.05, 0.1) is 15.6 Å². The normalized spacial score (nSPS) is 11.0. The predicted molar refractivity (Wildman–Crippen MR) is 107 cm³/mol. The van der Waals surface area contributed by atoms with E-state index < -0.39 is 4.32 Å². The van der Waals surface area contributed by atoms with Gasteiger partial charge in [-0.25, -0.2) is 0 Å². The van der Waals surface area contributed by atoms with E-state index in [-0.39, 0.29) is 5.91 Å². The van der Waals surface area contributed by atoms with E-state index >= 15 is 0 Å². The standard InChI is InChI=1S/C21H23BrN2O/c1-4-5-14-24(20(25)21(2,3)22)19-13-9-12-17(18(19)15-23)16-10-7-6-8-11-16/h6-13H,4-5,14H2,1-3H3. The second kappa shape index (κ2) is 8.31. The number of amides is 1. The number of halogens is 1. The van der Waals surface area contributed by atoms with Crippen LogP contribution >= 0.6 is 15.9 Å². The number of benzene rings is 2. The number of unbranched alkanes of at least 4 members (excludes halogenated alkanes) is 1. The zero-order valence-electron chi connectivity index (χ0n) is 14.9. The number of carbonyl (C=O) groups excluding carboxylic acids is 1. The first-order chi connectivity index (χ1) is 11.9.